The van der Waals surface area contributed by atoms with Gasteiger partial charge in [0.05, 0.1) is 5.56 Å². The number of primary amides is 1. The van der Waals surface area contributed by atoms with Crippen LogP contribution >= 0.6 is 11.8 Å². The lowest BCUT2D eigenvalue weighted by molar-refractivity contribution is -0.120. The lowest BCUT2D eigenvalue weighted by Gasteiger charge is -2.24. The summed E-state index contributed by atoms with van der Waals surface area (Å²) in [5, 5.41) is 3.20. The van der Waals surface area contributed by atoms with Crippen molar-refractivity contribution in [1.82, 2.24) is 9.97 Å². The molecule has 1 atom stereocenters. The molecule has 0 saturated carbocycles. The number of aromatic amines is 1. The number of rotatable bonds is 7. The largest absolute Gasteiger partial charge is 0.484 e. The molecule has 1 aromatic carbocycles. The smallest absolute Gasteiger partial charge is 0.257 e. The van der Waals surface area contributed by atoms with E-state index in [0.29, 0.717) is 22.3 Å². The molecule has 3 rings (SSSR count). The standard InChI is InChI=1S/C18H20N4O4S/c1-2-7-27-18-21-16-15(17(25)22-18)12(8-14(24)20-16)10-3-5-11(6-4-10)26-9-13(19)23/h3-6,12H,2,7-9H2,1H3,(H2,19,23)(H2,20,21,22,24,25). The summed E-state index contributed by atoms with van der Waals surface area (Å²) in [6, 6.07) is 6.89. The van der Waals surface area contributed by atoms with Crippen LogP contribution in [0.5, 0.6) is 5.75 Å². The van der Waals surface area contributed by atoms with Crippen molar-refractivity contribution >= 4 is 29.4 Å². The predicted octanol–water partition coefficient (Wildman–Crippen LogP) is 1.61. The Hall–Kier alpha value is -2.81. The van der Waals surface area contributed by atoms with Gasteiger partial charge in [-0.15, -0.1) is 0 Å². The first kappa shape index (κ1) is 19.0. The average molecular weight is 388 g/mol. The van der Waals surface area contributed by atoms with Crippen LogP contribution in [0.3, 0.4) is 0 Å². The molecule has 1 unspecified atom stereocenters. The van der Waals surface area contributed by atoms with Gasteiger partial charge in [0.15, 0.2) is 11.8 Å². The highest BCUT2D eigenvalue weighted by Crippen LogP contribution is 2.35. The molecule has 142 valence electrons. The van der Waals surface area contributed by atoms with Gasteiger partial charge in [-0.05, 0) is 24.1 Å². The lowest BCUT2D eigenvalue weighted by Crippen LogP contribution is -2.31. The van der Waals surface area contributed by atoms with E-state index in [4.69, 9.17) is 10.5 Å². The summed E-state index contributed by atoms with van der Waals surface area (Å²) in [6.45, 7) is 1.83. The van der Waals surface area contributed by atoms with Gasteiger partial charge in [0, 0.05) is 18.1 Å². The van der Waals surface area contributed by atoms with Gasteiger partial charge in [0.1, 0.15) is 11.6 Å². The summed E-state index contributed by atoms with van der Waals surface area (Å²) in [5.41, 5.74) is 6.04. The van der Waals surface area contributed by atoms with E-state index in [1.54, 1.807) is 24.3 Å². The topological polar surface area (TPSA) is 127 Å². The zero-order chi connectivity index (χ0) is 19.4. The van der Waals surface area contributed by atoms with Gasteiger partial charge in [0.25, 0.3) is 11.5 Å². The van der Waals surface area contributed by atoms with Crippen molar-refractivity contribution in [2.45, 2.75) is 30.8 Å². The highest BCUT2D eigenvalue weighted by atomic mass is 32.2. The number of fused-ring (bicyclic) bond motifs is 1. The van der Waals surface area contributed by atoms with E-state index in [-0.39, 0.29) is 24.5 Å². The number of thioether (sulfide) groups is 1. The van der Waals surface area contributed by atoms with Crippen LogP contribution in [-0.2, 0) is 9.59 Å². The van der Waals surface area contributed by atoms with Crippen molar-refractivity contribution in [3.8, 4) is 5.75 Å². The van der Waals surface area contributed by atoms with Crippen LogP contribution < -0.4 is 21.3 Å². The first-order valence-corrected chi connectivity index (χ1v) is 9.54. The number of carbonyl (C=O) groups excluding carboxylic acids is 2. The fraction of sp³-hybridized carbons (Fsp3) is 0.333. The third-order valence-electron chi connectivity index (χ3n) is 4.04. The maximum absolute atomic E-state index is 12.6. The number of amides is 2. The normalized spacial score (nSPS) is 15.7. The quantitative estimate of drug-likeness (QED) is 0.488. The van der Waals surface area contributed by atoms with Crippen molar-refractivity contribution in [2.75, 3.05) is 17.7 Å². The lowest BCUT2D eigenvalue weighted by atomic mass is 9.87. The molecule has 2 amide bonds. The Labute approximate surface area is 159 Å². The Balaban J connectivity index is 1.90. The predicted molar refractivity (Wildman–Crippen MR) is 102 cm³/mol. The summed E-state index contributed by atoms with van der Waals surface area (Å²) in [4.78, 5) is 42.8. The van der Waals surface area contributed by atoms with Crippen molar-refractivity contribution in [1.29, 1.82) is 0 Å². The monoisotopic (exact) mass is 388 g/mol. The zero-order valence-corrected chi connectivity index (χ0v) is 15.6. The van der Waals surface area contributed by atoms with Gasteiger partial charge in [-0.2, -0.15) is 0 Å². The molecule has 0 spiro atoms. The molecule has 0 aliphatic carbocycles. The Morgan fingerprint density at radius 3 is 2.74 bits per heavy atom. The molecule has 0 saturated heterocycles. The first-order valence-electron chi connectivity index (χ1n) is 8.56. The highest BCUT2D eigenvalue weighted by Gasteiger charge is 2.30. The third kappa shape index (κ3) is 4.48. The minimum absolute atomic E-state index is 0.153. The Morgan fingerprint density at radius 1 is 1.33 bits per heavy atom. The molecule has 0 radical (unpaired) electrons. The zero-order valence-electron chi connectivity index (χ0n) is 14.8. The SMILES string of the molecule is CCCSc1nc2c(c(=O)[nH]1)C(c1ccc(OCC(N)=O)cc1)CC(=O)N2. The number of aromatic nitrogens is 2. The van der Waals surface area contributed by atoms with E-state index >= 15 is 0 Å². The van der Waals surface area contributed by atoms with E-state index in [0.717, 1.165) is 17.7 Å². The van der Waals surface area contributed by atoms with Crippen LogP contribution in [0.25, 0.3) is 0 Å². The van der Waals surface area contributed by atoms with E-state index in [1.807, 2.05) is 6.92 Å². The number of H-pyrrole nitrogens is 1. The van der Waals surface area contributed by atoms with Crippen LogP contribution in [0.1, 0.15) is 36.8 Å². The van der Waals surface area contributed by atoms with Gasteiger partial charge >= 0.3 is 0 Å². The van der Waals surface area contributed by atoms with Gasteiger partial charge in [-0.1, -0.05) is 30.8 Å². The molecule has 1 aliphatic heterocycles. The van der Waals surface area contributed by atoms with Crippen molar-refractivity contribution < 1.29 is 14.3 Å². The molecule has 8 nitrogen and oxygen atoms in total. The molecule has 27 heavy (non-hydrogen) atoms. The first-order chi connectivity index (χ1) is 13.0. The molecule has 1 aromatic heterocycles. The number of hydrogen-bond acceptors (Lipinski definition) is 6. The second-order valence-electron chi connectivity index (χ2n) is 6.11. The van der Waals surface area contributed by atoms with Crippen molar-refractivity contribution in [3.05, 3.63) is 45.7 Å². The van der Waals surface area contributed by atoms with Crippen LogP contribution in [0.15, 0.2) is 34.2 Å². The third-order valence-corrected chi connectivity index (χ3v) is 5.11. The molecular formula is C18H20N4O4S. The maximum atomic E-state index is 12.6. The van der Waals surface area contributed by atoms with Crippen molar-refractivity contribution in [2.24, 2.45) is 5.73 Å². The van der Waals surface area contributed by atoms with Crippen LogP contribution in [-0.4, -0.2) is 34.1 Å². The number of nitrogens with zero attached hydrogens (tertiary/aromatic N) is 1. The van der Waals surface area contributed by atoms with Crippen molar-refractivity contribution in [3.63, 3.8) is 0 Å². The van der Waals surface area contributed by atoms with Crippen LogP contribution in [0.2, 0.25) is 0 Å². The van der Waals surface area contributed by atoms with E-state index in [1.165, 1.54) is 11.8 Å². The highest BCUT2D eigenvalue weighted by molar-refractivity contribution is 7.99. The summed E-state index contributed by atoms with van der Waals surface area (Å²) >= 11 is 1.44. The Kier molecular flexibility index (Phi) is 5.80. The Morgan fingerprint density at radius 2 is 2.07 bits per heavy atom. The second-order valence-corrected chi connectivity index (χ2v) is 7.19. The van der Waals surface area contributed by atoms with Gasteiger partial charge < -0.3 is 20.8 Å². The Bertz CT molecular complexity index is 911. The van der Waals surface area contributed by atoms with E-state index < -0.39 is 11.8 Å². The van der Waals surface area contributed by atoms with E-state index in [2.05, 4.69) is 15.3 Å². The number of benzene rings is 1. The number of nitrogens with one attached hydrogen (secondary N) is 2. The number of ether oxygens (including phenoxy) is 1. The molecule has 0 bridgehead atoms. The average Bonchev–Trinajstić information content (AvgIpc) is 2.64. The minimum Gasteiger partial charge on any atom is -0.484 e. The summed E-state index contributed by atoms with van der Waals surface area (Å²) < 4.78 is 5.24. The van der Waals surface area contributed by atoms with E-state index in [9.17, 15) is 14.4 Å². The second kappa shape index (κ2) is 8.26. The van der Waals surface area contributed by atoms with Gasteiger partial charge in [-0.25, -0.2) is 4.98 Å². The maximum Gasteiger partial charge on any atom is 0.257 e. The van der Waals surface area contributed by atoms with Gasteiger partial charge in [0.2, 0.25) is 5.91 Å². The van der Waals surface area contributed by atoms with Gasteiger partial charge in [-0.3, -0.25) is 14.4 Å². The summed E-state index contributed by atoms with van der Waals surface area (Å²) in [6.07, 6.45) is 1.10. The fourth-order valence-electron chi connectivity index (χ4n) is 2.85. The molecule has 0 fully saturated rings. The fourth-order valence-corrected chi connectivity index (χ4v) is 3.57. The number of hydrogen-bond donors (Lipinski definition) is 3. The molecule has 2 heterocycles. The molecule has 1 aliphatic rings. The van der Waals surface area contributed by atoms with Crippen LogP contribution in [0, 0.1) is 0 Å². The molecular weight excluding hydrogens is 368 g/mol. The molecule has 9 heteroatoms. The summed E-state index contributed by atoms with van der Waals surface area (Å²) in [5.74, 6) is 0.466. The molecule has 4 N–H and O–H groups in total. The number of carbonyl (C=O) groups is 2. The molecule has 2 aromatic rings. The van der Waals surface area contributed by atoms with Crippen LogP contribution in [0.4, 0.5) is 5.82 Å². The summed E-state index contributed by atoms with van der Waals surface area (Å²) in [7, 11) is 0. The number of nitrogens with two attached hydrogens (primary N) is 1. The number of anilines is 1. The minimum atomic E-state index is -0.564.